The second-order valence-electron chi connectivity index (χ2n) is 6.58. The molecule has 1 aromatic heterocycles. The van der Waals surface area contributed by atoms with Gasteiger partial charge in [-0.3, -0.25) is 14.7 Å². The van der Waals surface area contributed by atoms with Gasteiger partial charge in [0, 0.05) is 35.8 Å². The number of ether oxygens (including phenoxy) is 3. The summed E-state index contributed by atoms with van der Waals surface area (Å²) in [6, 6.07) is 13.2. The summed E-state index contributed by atoms with van der Waals surface area (Å²) in [6.45, 7) is 1.09. The summed E-state index contributed by atoms with van der Waals surface area (Å²) < 4.78 is 15.6. The van der Waals surface area contributed by atoms with E-state index in [1.165, 1.54) is 7.11 Å². The molecule has 1 heterocycles. The predicted molar refractivity (Wildman–Crippen MR) is 112 cm³/mol. The van der Waals surface area contributed by atoms with E-state index in [0.717, 1.165) is 22.0 Å². The highest BCUT2D eigenvalue weighted by molar-refractivity contribution is 6.31. The molecule has 2 aromatic carbocycles. The largest absolute Gasteiger partial charge is 0.497 e. The molecule has 0 bridgehead atoms. The van der Waals surface area contributed by atoms with Gasteiger partial charge in [-0.25, -0.2) is 0 Å². The van der Waals surface area contributed by atoms with E-state index in [9.17, 15) is 4.79 Å². The van der Waals surface area contributed by atoms with Crippen molar-refractivity contribution in [1.82, 2.24) is 9.88 Å². The maximum Gasteiger partial charge on any atom is 0.319 e. The molecule has 0 aliphatic carbocycles. The highest BCUT2D eigenvalue weighted by atomic mass is 35.5. The van der Waals surface area contributed by atoms with Crippen molar-refractivity contribution < 1.29 is 19.0 Å². The fourth-order valence-corrected chi connectivity index (χ4v) is 3.47. The lowest BCUT2D eigenvalue weighted by molar-refractivity contribution is -0.142. The smallest absolute Gasteiger partial charge is 0.319 e. The Morgan fingerprint density at radius 3 is 2.41 bits per heavy atom. The maximum atomic E-state index is 12.0. The summed E-state index contributed by atoms with van der Waals surface area (Å²) in [5, 5.41) is 1.58. The van der Waals surface area contributed by atoms with Gasteiger partial charge in [-0.15, -0.1) is 0 Å². The first-order valence-corrected chi connectivity index (χ1v) is 9.44. The lowest BCUT2D eigenvalue weighted by atomic mass is 10.1. The summed E-state index contributed by atoms with van der Waals surface area (Å²) in [6.07, 6.45) is 1.75. The summed E-state index contributed by atoms with van der Waals surface area (Å²) in [5.41, 5.74) is 2.74. The van der Waals surface area contributed by atoms with Crippen molar-refractivity contribution in [1.29, 1.82) is 0 Å². The Labute approximate surface area is 175 Å². The molecule has 0 aliphatic heterocycles. The number of fused-ring (bicyclic) bond motifs is 1. The second kappa shape index (κ2) is 9.58. The number of benzene rings is 2. The van der Waals surface area contributed by atoms with Crippen LogP contribution in [0.1, 0.15) is 11.1 Å². The zero-order valence-electron chi connectivity index (χ0n) is 16.6. The van der Waals surface area contributed by atoms with Crippen LogP contribution < -0.4 is 9.47 Å². The van der Waals surface area contributed by atoms with E-state index in [4.69, 9.17) is 25.8 Å². The molecule has 0 saturated carbocycles. The number of carbonyl (C=O) groups is 1. The van der Waals surface area contributed by atoms with Crippen molar-refractivity contribution in [3.8, 4) is 11.5 Å². The molecule has 0 spiro atoms. The summed E-state index contributed by atoms with van der Waals surface area (Å²) >= 11 is 6.31. The van der Waals surface area contributed by atoms with Crippen LogP contribution in [0.4, 0.5) is 0 Å². The molecule has 0 fully saturated rings. The maximum absolute atomic E-state index is 12.0. The molecular formula is C22H23ClN2O4. The number of rotatable bonds is 8. The van der Waals surface area contributed by atoms with Crippen LogP contribution in [0.2, 0.25) is 5.02 Å². The lowest BCUT2D eigenvalue weighted by Crippen LogP contribution is -2.30. The van der Waals surface area contributed by atoms with Crippen LogP contribution in [-0.2, 0) is 22.6 Å². The minimum atomic E-state index is -0.320. The zero-order chi connectivity index (χ0) is 20.8. The van der Waals surface area contributed by atoms with Crippen LogP contribution in [-0.4, -0.2) is 43.7 Å². The van der Waals surface area contributed by atoms with Gasteiger partial charge in [0.25, 0.3) is 0 Å². The minimum absolute atomic E-state index is 0.122. The van der Waals surface area contributed by atoms with E-state index in [0.29, 0.717) is 29.6 Å². The molecule has 0 radical (unpaired) electrons. The molecule has 0 unspecified atom stereocenters. The Bertz CT molecular complexity index is 987. The fourth-order valence-electron chi connectivity index (χ4n) is 3.22. The molecule has 29 heavy (non-hydrogen) atoms. The number of esters is 1. The summed E-state index contributed by atoms with van der Waals surface area (Å²) in [7, 11) is 4.59. The summed E-state index contributed by atoms with van der Waals surface area (Å²) in [5.74, 6) is 1.05. The first-order valence-electron chi connectivity index (χ1n) is 9.06. The van der Waals surface area contributed by atoms with Gasteiger partial charge < -0.3 is 14.2 Å². The van der Waals surface area contributed by atoms with Crippen molar-refractivity contribution in [2.45, 2.75) is 13.1 Å². The Hall–Kier alpha value is -2.83. The standard InChI is InChI=1S/C22H23ClN2O4/c1-27-19-7-15(8-20(11-19)28-2)12-25(14-21(26)29-3)13-17-10-18(23)9-16-5-4-6-24-22(16)17/h4-11H,12-14H2,1-3H3. The van der Waals surface area contributed by atoms with E-state index >= 15 is 0 Å². The molecule has 0 amide bonds. The van der Waals surface area contributed by atoms with Gasteiger partial charge in [-0.2, -0.15) is 0 Å². The monoisotopic (exact) mass is 414 g/mol. The van der Waals surface area contributed by atoms with Gasteiger partial charge in [0.1, 0.15) is 11.5 Å². The molecule has 0 atom stereocenters. The Kier molecular flexibility index (Phi) is 6.90. The van der Waals surface area contributed by atoms with E-state index in [1.54, 1.807) is 20.4 Å². The van der Waals surface area contributed by atoms with E-state index in [2.05, 4.69) is 4.98 Å². The zero-order valence-corrected chi connectivity index (χ0v) is 17.4. The Morgan fingerprint density at radius 2 is 1.76 bits per heavy atom. The van der Waals surface area contributed by atoms with Gasteiger partial charge >= 0.3 is 5.97 Å². The number of nitrogens with zero attached hydrogens (tertiary/aromatic N) is 2. The topological polar surface area (TPSA) is 60.9 Å². The predicted octanol–water partition coefficient (Wildman–Crippen LogP) is 4.08. The number of hydrogen-bond acceptors (Lipinski definition) is 6. The van der Waals surface area contributed by atoms with Crippen molar-refractivity contribution in [2.24, 2.45) is 0 Å². The van der Waals surface area contributed by atoms with Gasteiger partial charge in [0.05, 0.1) is 33.4 Å². The molecule has 0 aliphatic rings. The summed E-state index contributed by atoms with van der Waals surface area (Å²) in [4.78, 5) is 18.5. The van der Waals surface area contributed by atoms with Crippen LogP contribution in [0.3, 0.4) is 0 Å². The van der Waals surface area contributed by atoms with Gasteiger partial charge in [-0.1, -0.05) is 17.7 Å². The highest BCUT2D eigenvalue weighted by Gasteiger charge is 2.16. The third-order valence-corrected chi connectivity index (χ3v) is 4.76. The molecule has 3 rings (SSSR count). The third-order valence-electron chi connectivity index (χ3n) is 4.54. The number of hydrogen-bond donors (Lipinski definition) is 0. The van der Waals surface area contributed by atoms with Crippen LogP contribution >= 0.6 is 11.6 Å². The van der Waals surface area contributed by atoms with Crippen molar-refractivity contribution in [3.63, 3.8) is 0 Å². The van der Waals surface area contributed by atoms with E-state index < -0.39 is 0 Å². The Morgan fingerprint density at radius 1 is 1.03 bits per heavy atom. The molecule has 0 saturated heterocycles. The van der Waals surface area contributed by atoms with Gasteiger partial charge in [0.15, 0.2) is 0 Å². The van der Waals surface area contributed by atoms with Gasteiger partial charge in [-0.05, 0) is 41.5 Å². The number of aromatic nitrogens is 1. The highest BCUT2D eigenvalue weighted by Crippen LogP contribution is 2.26. The Balaban J connectivity index is 1.94. The van der Waals surface area contributed by atoms with E-state index in [1.807, 2.05) is 47.4 Å². The van der Waals surface area contributed by atoms with E-state index in [-0.39, 0.29) is 12.5 Å². The molecule has 152 valence electrons. The number of halogens is 1. The average Bonchev–Trinajstić information content (AvgIpc) is 2.73. The number of pyridine rings is 1. The number of methoxy groups -OCH3 is 3. The molecule has 6 nitrogen and oxygen atoms in total. The van der Waals surface area contributed by atoms with Crippen LogP contribution in [0, 0.1) is 0 Å². The van der Waals surface area contributed by atoms with Crippen molar-refractivity contribution >= 4 is 28.5 Å². The second-order valence-corrected chi connectivity index (χ2v) is 7.02. The SMILES string of the molecule is COC(=O)CN(Cc1cc(OC)cc(OC)c1)Cc1cc(Cl)cc2cccnc12. The van der Waals surface area contributed by atoms with Crippen LogP contribution in [0.5, 0.6) is 11.5 Å². The van der Waals surface area contributed by atoms with Crippen LogP contribution in [0.25, 0.3) is 10.9 Å². The normalized spacial score (nSPS) is 10.9. The third kappa shape index (κ3) is 5.37. The number of carbonyl (C=O) groups excluding carboxylic acids is 1. The minimum Gasteiger partial charge on any atom is -0.497 e. The molecule has 7 heteroatoms. The molecule has 3 aromatic rings. The fraction of sp³-hybridized carbons (Fsp3) is 0.273. The first-order chi connectivity index (χ1) is 14.0. The average molecular weight is 415 g/mol. The lowest BCUT2D eigenvalue weighted by Gasteiger charge is -2.22. The van der Waals surface area contributed by atoms with Crippen molar-refractivity contribution in [3.05, 3.63) is 64.8 Å². The van der Waals surface area contributed by atoms with Gasteiger partial charge in [0.2, 0.25) is 0 Å². The molecular weight excluding hydrogens is 392 g/mol. The quantitative estimate of drug-likeness (QED) is 0.517. The van der Waals surface area contributed by atoms with Crippen molar-refractivity contribution in [2.75, 3.05) is 27.9 Å². The molecule has 0 N–H and O–H groups in total. The van der Waals surface area contributed by atoms with Crippen LogP contribution in [0.15, 0.2) is 48.7 Å². The first kappa shape index (κ1) is 20.9.